The van der Waals surface area contributed by atoms with Crippen LogP contribution in [0.15, 0.2) is 18.2 Å². The maximum Gasteiger partial charge on any atom is 0.416 e. The summed E-state index contributed by atoms with van der Waals surface area (Å²) in [6.45, 7) is 1.72. The van der Waals surface area contributed by atoms with Crippen LogP contribution in [-0.4, -0.2) is 35.1 Å². The zero-order valence-corrected chi connectivity index (χ0v) is 13.8. The summed E-state index contributed by atoms with van der Waals surface area (Å²) >= 11 is 1.30. The van der Waals surface area contributed by atoms with Gasteiger partial charge in [0.25, 0.3) is 0 Å². The second-order valence-electron chi connectivity index (χ2n) is 6.54. The molecule has 130 valence electrons. The normalized spacial score (nSPS) is 23.2. The highest BCUT2D eigenvalue weighted by atomic mass is 32.1. The fourth-order valence-electron chi connectivity index (χ4n) is 3.84. The fraction of sp³-hybridized carbons (Fsp3) is 0.375. The van der Waals surface area contributed by atoms with E-state index in [-0.39, 0.29) is 5.95 Å². The van der Waals surface area contributed by atoms with Crippen molar-refractivity contribution in [3.05, 3.63) is 23.8 Å². The first kappa shape index (κ1) is 15.2. The number of rotatable bonds is 1. The first-order valence-electron chi connectivity index (χ1n) is 7.97. The second kappa shape index (κ2) is 4.95. The second-order valence-corrected chi connectivity index (χ2v) is 7.59. The minimum Gasteiger partial charge on any atom is -0.368 e. The quantitative estimate of drug-likeness (QED) is 0.694. The third-order valence-corrected chi connectivity index (χ3v) is 6.11. The van der Waals surface area contributed by atoms with Crippen LogP contribution in [-0.2, 0) is 6.18 Å². The molecule has 5 nitrogen and oxygen atoms in total. The zero-order chi connectivity index (χ0) is 17.3. The van der Waals surface area contributed by atoms with Gasteiger partial charge in [0.05, 0.1) is 15.8 Å². The number of thiophene rings is 1. The summed E-state index contributed by atoms with van der Waals surface area (Å²) in [7, 11) is 0. The first-order valence-corrected chi connectivity index (χ1v) is 8.79. The monoisotopic (exact) mass is 365 g/mol. The molecule has 4 heterocycles. The summed E-state index contributed by atoms with van der Waals surface area (Å²) in [5.41, 5.74) is 5.88. The van der Waals surface area contributed by atoms with Gasteiger partial charge in [0.15, 0.2) is 5.82 Å². The van der Waals surface area contributed by atoms with E-state index in [0.29, 0.717) is 27.7 Å². The fourth-order valence-corrected chi connectivity index (χ4v) is 5.02. The van der Waals surface area contributed by atoms with E-state index in [4.69, 9.17) is 5.73 Å². The molecule has 0 saturated carbocycles. The van der Waals surface area contributed by atoms with Crippen molar-refractivity contribution in [3.8, 4) is 0 Å². The molecule has 25 heavy (non-hydrogen) atoms. The molecule has 2 bridgehead atoms. The number of nitrogens with two attached hydrogens (primary N) is 1. The topological polar surface area (TPSA) is 67.1 Å². The summed E-state index contributed by atoms with van der Waals surface area (Å²) in [6.07, 6.45) is -3.31. The van der Waals surface area contributed by atoms with Gasteiger partial charge in [-0.15, -0.1) is 11.3 Å². The molecule has 0 radical (unpaired) electrons. The van der Waals surface area contributed by atoms with Crippen molar-refractivity contribution in [3.63, 3.8) is 0 Å². The lowest BCUT2D eigenvalue weighted by Crippen LogP contribution is -2.44. The van der Waals surface area contributed by atoms with Crippen molar-refractivity contribution in [1.82, 2.24) is 15.3 Å². The van der Waals surface area contributed by atoms with Crippen molar-refractivity contribution in [2.75, 3.05) is 23.7 Å². The van der Waals surface area contributed by atoms with E-state index in [1.54, 1.807) is 0 Å². The molecule has 3 aromatic rings. The number of nitrogens with one attached hydrogen (secondary N) is 1. The number of aromatic nitrogens is 2. The lowest BCUT2D eigenvalue weighted by molar-refractivity contribution is -0.137. The van der Waals surface area contributed by atoms with Crippen LogP contribution >= 0.6 is 11.3 Å². The molecule has 2 aliphatic heterocycles. The Morgan fingerprint density at radius 1 is 1.28 bits per heavy atom. The Hall–Kier alpha value is -2.13. The molecule has 5 rings (SSSR count). The molecule has 2 aromatic heterocycles. The van der Waals surface area contributed by atoms with E-state index in [0.717, 1.165) is 36.1 Å². The van der Waals surface area contributed by atoms with Gasteiger partial charge in [-0.25, -0.2) is 4.98 Å². The highest BCUT2D eigenvalue weighted by Gasteiger charge is 2.39. The highest BCUT2D eigenvalue weighted by molar-refractivity contribution is 7.26. The number of alkyl halides is 3. The van der Waals surface area contributed by atoms with Gasteiger partial charge < -0.3 is 16.0 Å². The van der Waals surface area contributed by atoms with Gasteiger partial charge >= 0.3 is 6.18 Å². The predicted octanol–water partition coefficient (Wildman–Crippen LogP) is 3.00. The van der Waals surface area contributed by atoms with Crippen molar-refractivity contribution in [2.45, 2.75) is 24.7 Å². The van der Waals surface area contributed by atoms with Gasteiger partial charge in [-0.2, -0.15) is 18.2 Å². The van der Waals surface area contributed by atoms with Gasteiger partial charge in [0, 0.05) is 35.3 Å². The minimum absolute atomic E-state index is 0.151. The van der Waals surface area contributed by atoms with E-state index in [1.165, 1.54) is 23.5 Å². The third-order valence-electron chi connectivity index (χ3n) is 4.97. The van der Waals surface area contributed by atoms with Crippen LogP contribution in [0.5, 0.6) is 0 Å². The van der Waals surface area contributed by atoms with Crippen LogP contribution in [0, 0.1) is 0 Å². The number of hydrogen-bond donors (Lipinski definition) is 2. The third kappa shape index (κ3) is 2.26. The summed E-state index contributed by atoms with van der Waals surface area (Å²) in [6, 6.07) is 4.53. The molecule has 0 aliphatic carbocycles. The molecule has 9 heteroatoms. The summed E-state index contributed by atoms with van der Waals surface area (Å²) in [5, 5.41) is 4.12. The van der Waals surface area contributed by atoms with E-state index < -0.39 is 11.7 Å². The average molecular weight is 365 g/mol. The van der Waals surface area contributed by atoms with Crippen LogP contribution in [0.1, 0.15) is 12.0 Å². The van der Waals surface area contributed by atoms with E-state index >= 15 is 0 Å². The Kier molecular flexibility index (Phi) is 3.00. The number of benzene rings is 1. The molecule has 3 N–H and O–H groups in total. The molecule has 0 amide bonds. The Morgan fingerprint density at radius 3 is 2.80 bits per heavy atom. The van der Waals surface area contributed by atoms with Crippen LogP contribution in [0.3, 0.4) is 0 Å². The number of nitrogens with zero attached hydrogens (tertiary/aromatic N) is 3. The largest absolute Gasteiger partial charge is 0.416 e. The van der Waals surface area contributed by atoms with Gasteiger partial charge in [0.1, 0.15) is 0 Å². The number of anilines is 2. The minimum atomic E-state index is -4.36. The lowest BCUT2D eigenvalue weighted by atomic mass is 10.1. The number of hydrogen-bond acceptors (Lipinski definition) is 6. The lowest BCUT2D eigenvalue weighted by Gasteiger charge is -2.28. The first-order chi connectivity index (χ1) is 11.9. The van der Waals surface area contributed by atoms with Crippen molar-refractivity contribution in [1.29, 1.82) is 0 Å². The molecule has 0 unspecified atom stereocenters. The molecular formula is C16H14F3N5S. The van der Waals surface area contributed by atoms with Gasteiger partial charge in [0.2, 0.25) is 5.95 Å². The smallest absolute Gasteiger partial charge is 0.368 e. The SMILES string of the molecule is Nc1nc(N2C[C@@H]3C[C@@H]2CN3)c2sc3cc(C(F)(F)F)ccc3c2n1. The maximum atomic E-state index is 13.0. The molecule has 2 fully saturated rings. The number of fused-ring (bicyclic) bond motifs is 5. The summed E-state index contributed by atoms with van der Waals surface area (Å²) in [4.78, 5) is 10.9. The molecule has 2 saturated heterocycles. The molecule has 2 atom stereocenters. The van der Waals surface area contributed by atoms with Crippen molar-refractivity contribution in [2.24, 2.45) is 0 Å². The molecule has 1 aromatic carbocycles. The Labute approximate surface area is 144 Å². The highest BCUT2D eigenvalue weighted by Crippen LogP contribution is 2.42. The summed E-state index contributed by atoms with van der Waals surface area (Å²) in [5.74, 6) is 0.893. The number of halogens is 3. The van der Waals surface area contributed by atoms with Gasteiger partial charge in [-0.3, -0.25) is 0 Å². The molecule has 0 spiro atoms. The standard InChI is InChI=1S/C16H14F3N5S/c17-16(18,19)7-1-2-10-11(3-7)25-13-12(10)22-15(20)23-14(13)24-6-8-4-9(24)5-21-8/h1-3,8-9,21H,4-6H2,(H2,20,22,23)/t8-,9+/m0/s1. The van der Waals surface area contributed by atoms with Gasteiger partial charge in [-0.1, -0.05) is 6.07 Å². The van der Waals surface area contributed by atoms with Crippen molar-refractivity contribution < 1.29 is 13.2 Å². The number of piperazine rings is 1. The van der Waals surface area contributed by atoms with E-state index in [1.807, 2.05) is 0 Å². The Morgan fingerprint density at radius 2 is 2.12 bits per heavy atom. The summed E-state index contributed by atoms with van der Waals surface area (Å²) < 4.78 is 40.4. The maximum absolute atomic E-state index is 13.0. The van der Waals surface area contributed by atoms with Crippen molar-refractivity contribution >= 4 is 43.4 Å². The van der Waals surface area contributed by atoms with Crippen LogP contribution in [0.2, 0.25) is 0 Å². The van der Waals surface area contributed by atoms with Crippen LogP contribution in [0.25, 0.3) is 20.3 Å². The van der Waals surface area contributed by atoms with Crippen LogP contribution in [0.4, 0.5) is 24.9 Å². The average Bonchev–Trinajstić information content (AvgIpc) is 3.26. The predicted molar refractivity (Wildman–Crippen MR) is 91.9 cm³/mol. The van der Waals surface area contributed by atoms with E-state index in [2.05, 4.69) is 20.2 Å². The Balaban J connectivity index is 1.73. The Bertz CT molecular complexity index is 999. The number of nitrogen functional groups attached to an aromatic ring is 1. The van der Waals surface area contributed by atoms with Gasteiger partial charge in [-0.05, 0) is 18.6 Å². The molecule has 2 aliphatic rings. The van der Waals surface area contributed by atoms with Crippen LogP contribution < -0.4 is 16.0 Å². The zero-order valence-electron chi connectivity index (χ0n) is 13.0. The van der Waals surface area contributed by atoms with E-state index in [9.17, 15) is 13.2 Å². The molecular weight excluding hydrogens is 351 g/mol.